The number of carbonyl (C=O) groups excluding carboxylic acids is 1. The number of nitrogens with one attached hydrogen (secondary N) is 2. The number of hydrogen-bond acceptors (Lipinski definition) is 2. The number of alkyl halides is 2. The summed E-state index contributed by atoms with van der Waals surface area (Å²) < 4.78 is 28.3. The molecular weight excluding hydrogens is 328 g/mol. The zero-order valence-electron chi connectivity index (χ0n) is 14.0. The van der Waals surface area contributed by atoms with Gasteiger partial charge in [0.05, 0.1) is 5.69 Å². The third-order valence-electron chi connectivity index (χ3n) is 4.78. The number of amides is 1. The van der Waals surface area contributed by atoms with Crippen LogP contribution >= 0.6 is 0 Å². The van der Waals surface area contributed by atoms with Crippen LogP contribution in [0.5, 0.6) is 0 Å². The Morgan fingerprint density at radius 3 is 2.44 bits per heavy atom. The summed E-state index contributed by atoms with van der Waals surface area (Å²) in [5.41, 5.74) is -0.314. The second-order valence-electron chi connectivity index (χ2n) is 6.65. The molecular formula is C18H21F2N3O2. The number of H-pyrrole nitrogens is 1. The number of hydrogen-bond donors (Lipinski definition) is 2. The molecule has 0 atom stereocenters. The van der Waals surface area contributed by atoms with Gasteiger partial charge in [0.1, 0.15) is 11.2 Å². The van der Waals surface area contributed by atoms with Gasteiger partial charge in [-0.3, -0.25) is 14.7 Å². The van der Waals surface area contributed by atoms with E-state index in [1.807, 2.05) is 19.1 Å². The number of rotatable bonds is 4. The molecule has 5 nitrogen and oxygen atoms in total. The zero-order chi connectivity index (χ0) is 18.0. The minimum atomic E-state index is -2.64. The van der Waals surface area contributed by atoms with E-state index < -0.39 is 23.4 Å². The highest BCUT2D eigenvalue weighted by Gasteiger charge is 2.42. The van der Waals surface area contributed by atoms with E-state index in [0.29, 0.717) is 18.5 Å². The second kappa shape index (κ2) is 6.82. The third-order valence-corrected chi connectivity index (χ3v) is 4.78. The van der Waals surface area contributed by atoms with Crippen molar-refractivity contribution in [2.75, 3.05) is 0 Å². The number of carbonyl (C=O) groups is 1. The Bertz CT molecular complexity index is 802. The molecule has 3 rings (SSSR count). The van der Waals surface area contributed by atoms with Crippen LogP contribution in [0.2, 0.25) is 0 Å². The molecule has 7 heteroatoms. The fourth-order valence-electron chi connectivity index (χ4n) is 3.27. The van der Waals surface area contributed by atoms with Crippen molar-refractivity contribution in [1.82, 2.24) is 15.1 Å². The summed E-state index contributed by atoms with van der Waals surface area (Å²) in [6.07, 6.45) is 0.0725. The monoisotopic (exact) mass is 349 g/mol. The van der Waals surface area contributed by atoms with Crippen molar-refractivity contribution in [3.63, 3.8) is 0 Å². The lowest BCUT2D eigenvalue weighted by molar-refractivity contribution is 0.00738. The van der Waals surface area contributed by atoms with Crippen LogP contribution in [0.15, 0.2) is 35.1 Å². The average molecular weight is 349 g/mol. The van der Waals surface area contributed by atoms with Gasteiger partial charge in [0, 0.05) is 6.07 Å². The van der Waals surface area contributed by atoms with Crippen LogP contribution in [0, 0.1) is 6.92 Å². The van der Waals surface area contributed by atoms with E-state index in [0.717, 1.165) is 18.1 Å². The van der Waals surface area contributed by atoms with Crippen molar-refractivity contribution in [2.24, 2.45) is 0 Å². The highest BCUT2D eigenvalue weighted by Crippen LogP contribution is 2.33. The summed E-state index contributed by atoms with van der Waals surface area (Å²) >= 11 is 0. The number of nitrogens with zero attached hydrogens (tertiary/aromatic N) is 1. The SMILES string of the molecule is Cc1ccc(-n2[nH]c(C(=O)NC3(C(F)F)CCCCC3)cc2=O)cc1. The van der Waals surface area contributed by atoms with Crippen molar-refractivity contribution >= 4 is 5.91 Å². The Labute approximate surface area is 144 Å². The summed E-state index contributed by atoms with van der Waals surface area (Å²) in [6, 6.07) is 8.32. The van der Waals surface area contributed by atoms with Crippen LogP contribution in [0.4, 0.5) is 8.78 Å². The van der Waals surface area contributed by atoms with Gasteiger partial charge >= 0.3 is 0 Å². The first-order chi connectivity index (χ1) is 11.9. The maximum absolute atomic E-state index is 13.5. The van der Waals surface area contributed by atoms with Crippen molar-refractivity contribution < 1.29 is 13.6 Å². The molecule has 134 valence electrons. The summed E-state index contributed by atoms with van der Waals surface area (Å²) in [4.78, 5) is 24.6. The van der Waals surface area contributed by atoms with Crippen LogP contribution in [-0.2, 0) is 0 Å². The van der Waals surface area contributed by atoms with Crippen molar-refractivity contribution in [1.29, 1.82) is 0 Å². The molecule has 1 aromatic heterocycles. The van der Waals surface area contributed by atoms with E-state index in [-0.39, 0.29) is 18.5 Å². The number of aromatic nitrogens is 2. The normalized spacial score (nSPS) is 16.8. The maximum atomic E-state index is 13.5. The van der Waals surface area contributed by atoms with Crippen molar-refractivity contribution in [3.05, 3.63) is 51.9 Å². The highest BCUT2D eigenvalue weighted by molar-refractivity contribution is 5.92. The largest absolute Gasteiger partial charge is 0.340 e. The molecule has 0 unspecified atom stereocenters. The first-order valence-corrected chi connectivity index (χ1v) is 8.41. The van der Waals surface area contributed by atoms with Gasteiger partial charge in [-0.25, -0.2) is 13.5 Å². The van der Waals surface area contributed by atoms with E-state index >= 15 is 0 Å². The Kier molecular flexibility index (Phi) is 4.74. The number of aromatic amines is 1. The molecule has 2 aromatic rings. The van der Waals surface area contributed by atoms with Gasteiger partial charge in [-0.1, -0.05) is 37.0 Å². The van der Waals surface area contributed by atoms with E-state index in [4.69, 9.17) is 0 Å². The zero-order valence-corrected chi connectivity index (χ0v) is 14.0. The Morgan fingerprint density at radius 2 is 1.84 bits per heavy atom. The first-order valence-electron chi connectivity index (χ1n) is 8.41. The molecule has 1 heterocycles. The standard InChI is InChI=1S/C18H21F2N3O2/c1-12-5-7-13(8-6-12)23-15(24)11-14(22-23)16(25)21-18(17(19)20)9-3-2-4-10-18/h5-8,11,17,22H,2-4,9-10H2,1H3,(H,21,25). The summed E-state index contributed by atoms with van der Waals surface area (Å²) in [6.45, 7) is 1.92. The molecule has 2 N–H and O–H groups in total. The van der Waals surface area contributed by atoms with Crippen LogP contribution < -0.4 is 10.9 Å². The van der Waals surface area contributed by atoms with Gasteiger partial charge in [-0.05, 0) is 31.9 Å². The fraction of sp³-hybridized carbons (Fsp3) is 0.444. The van der Waals surface area contributed by atoms with Crippen molar-refractivity contribution in [2.45, 2.75) is 51.0 Å². The van der Waals surface area contributed by atoms with Crippen LogP contribution in [-0.4, -0.2) is 27.7 Å². The smallest absolute Gasteiger partial charge is 0.271 e. The van der Waals surface area contributed by atoms with E-state index in [1.54, 1.807) is 12.1 Å². The van der Waals surface area contributed by atoms with E-state index in [1.165, 1.54) is 4.68 Å². The first kappa shape index (κ1) is 17.4. The van der Waals surface area contributed by atoms with Crippen LogP contribution in [0.25, 0.3) is 5.69 Å². The van der Waals surface area contributed by atoms with Gasteiger partial charge in [0.15, 0.2) is 0 Å². The molecule has 1 aromatic carbocycles. The summed E-state index contributed by atoms with van der Waals surface area (Å²) in [7, 11) is 0. The number of halogens is 2. The van der Waals surface area contributed by atoms with Crippen molar-refractivity contribution in [3.8, 4) is 5.69 Å². The van der Waals surface area contributed by atoms with Gasteiger partial charge < -0.3 is 5.32 Å². The average Bonchev–Trinajstić information content (AvgIpc) is 2.98. The quantitative estimate of drug-likeness (QED) is 0.890. The van der Waals surface area contributed by atoms with Gasteiger partial charge in [-0.15, -0.1) is 0 Å². The predicted molar refractivity (Wildman–Crippen MR) is 90.4 cm³/mol. The Hall–Kier alpha value is -2.44. The Balaban J connectivity index is 1.84. The summed E-state index contributed by atoms with van der Waals surface area (Å²) in [5.74, 6) is -0.676. The highest BCUT2D eigenvalue weighted by atomic mass is 19.3. The van der Waals surface area contributed by atoms with Gasteiger partial charge in [0.2, 0.25) is 0 Å². The van der Waals surface area contributed by atoms with E-state index in [9.17, 15) is 18.4 Å². The van der Waals surface area contributed by atoms with Gasteiger partial charge in [-0.2, -0.15) is 0 Å². The summed E-state index contributed by atoms with van der Waals surface area (Å²) in [5, 5.41) is 5.19. The van der Waals surface area contributed by atoms with E-state index in [2.05, 4.69) is 10.4 Å². The lowest BCUT2D eigenvalue weighted by Gasteiger charge is -2.37. The fourth-order valence-corrected chi connectivity index (χ4v) is 3.27. The molecule has 0 radical (unpaired) electrons. The lowest BCUT2D eigenvalue weighted by atomic mass is 9.82. The second-order valence-corrected chi connectivity index (χ2v) is 6.65. The molecule has 0 bridgehead atoms. The minimum absolute atomic E-state index is 0.0174. The maximum Gasteiger partial charge on any atom is 0.271 e. The molecule has 1 amide bonds. The number of aryl methyl sites for hydroxylation is 1. The topological polar surface area (TPSA) is 66.9 Å². The van der Waals surface area contributed by atoms with Gasteiger partial charge in [0.25, 0.3) is 17.9 Å². The van der Waals surface area contributed by atoms with Crippen LogP contribution in [0.1, 0.15) is 48.2 Å². The minimum Gasteiger partial charge on any atom is -0.340 e. The molecule has 1 fully saturated rings. The lowest BCUT2D eigenvalue weighted by Crippen LogP contribution is -2.55. The Morgan fingerprint density at radius 1 is 1.20 bits per heavy atom. The van der Waals surface area contributed by atoms with Crippen LogP contribution in [0.3, 0.4) is 0 Å². The molecule has 0 aliphatic heterocycles. The molecule has 1 aliphatic carbocycles. The third kappa shape index (κ3) is 3.50. The molecule has 1 saturated carbocycles. The number of benzene rings is 1. The molecule has 25 heavy (non-hydrogen) atoms. The molecule has 1 aliphatic rings. The molecule has 0 saturated heterocycles. The predicted octanol–water partition coefficient (Wildman–Crippen LogP) is 3.17. The molecule has 0 spiro atoms.